The normalized spacial score (nSPS) is 10.5. The molecule has 0 bridgehead atoms. The molecule has 0 spiro atoms. The number of nitrogens with one attached hydrogen (secondary N) is 1. The molecule has 3 aromatic rings. The van der Waals surface area contributed by atoms with Gasteiger partial charge in [0.25, 0.3) is 5.91 Å². The Labute approximate surface area is 185 Å². The minimum atomic E-state index is -0.977. The highest BCUT2D eigenvalue weighted by atomic mass is 16.5. The number of aromatic carboxylic acids is 1. The van der Waals surface area contributed by atoms with E-state index in [1.165, 1.54) is 25.5 Å². The maximum Gasteiger partial charge on any atom is 0.335 e. The van der Waals surface area contributed by atoms with Gasteiger partial charge in [-0.2, -0.15) is 5.10 Å². The van der Waals surface area contributed by atoms with Gasteiger partial charge in [-0.15, -0.1) is 0 Å². The number of carbonyl (C=O) groups is 2. The lowest BCUT2D eigenvalue weighted by atomic mass is 10.1. The van der Waals surface area contributed by atoms with Crippen molar-refractivity contribution in [3.63, 3.8) is 0 Å². The zero-order chi connectivity index (χ0) is 22.8. The van der Waals surface area contributed by atoms with Crippen molar-refractivity contribution >= 4 is 18.1 Å². The molecule has 0 aliphatic carbocycles. The van der Waals surface area contributed by atoms with Crippen LogP contribution < -0.4 is 19.6 Å². The lowest BCUT2D eigenvalue weighted by Crippen LogP contribution is -2.24. The van der Waals surface area contributed by atoms with E-state index in [1.54, 1.807) is 48.5 Å². The average Bonchev–Trinajstić information content (AvgIpc) is 2.82. The number of para-hydroxylation sites is 3. The number of methoxy groups -OCH3 is 1. The minimum Gasteiger partial charge on any atom is -0.493 e. The van der Waals surface area contributed by atoms with Crippen LogP contribution >= 0.6 is 0 Å². The predicted octanol–water partition coefficient (Wildman–Crippen LogP) is 3.50. The smallest absolute Gasteiger partial charge is 0.335 e. The standard InChI is InChI=1S/C24H22N2O6/c1-30-21-8-4-5-9-22(21)32-16-23(27)26-25-14-19-6-2-3-7-20(19)31-15-17-10-12-18(13-11-17)24(28)29/h2-14H,15-16H2,1H3,(H,26,27)(H,28,29)/b25-14-. The molecule has 0 aromatic heterocycles. The Bertz CT molecular complexity index is 1100. The van der Waals surface area contributed by atoms with E-state index in [9.17, 15) is 9.59 Å². The first-order valence-corrected chi connectivity index (χ1v) is 9.68. The Hall–Kier alpha value is -4.33. The molecule has 3 aromatic carbocycles. The summed E-state index contributed by atoms with van der Waals surface area (Å²) in [7, 11) is 1.52. The van der Waals surface area contributed by atoms with E-state index in [-0.39, 0.29) is 18.8 Å². The number of nitrogens with zero attached hydrogens (tertiary/aromatic N) is 1. The number of hydrogen-bond acceptors (Lipinski definition) is 6. The van der Waals surface area contributed by atoms with Gasteiger partial charge in [0.15, 0.2) is 18.1 Å². The van der Waals surface area contributed by atoms with Crippen LogP contribution in [0.15, 0.2) is 77.9 Å². The van der Waals surface area contributed by atoms with Gasteiger partial charge in [-0.3, -0.25) is 4.79 Å². The SMILES string of the molecule is COc1ccccc1OCC(=O)N/N=C\c1ccccc1OCc1ccc(C(=O)O)cc1. The molecule has 8 heteroatoms. The third-order valence-electron chi connectivity index (χ3n) is 4.33. The van der Waals surface area contributed by atoms with E-state index in [2.05, 4.69) is 10.5 Å². The third-order valence-corrected chi connectivity index (χ3v) is 4.33. The Morgan fingerprint density at radius 3 is 2.25 bits per heavy atom. The molecule has 3 rings (SSSR count). The van der Waals surface area contributed by atoms with E-state index in [4.69, 9.17) is 19.3 Å². The highest BCUT2D eigenvalue weighted by Crippen LogP contribution is 2.25. The largest absolute Gasteiger partial charge is 0.493 e. The molecule has 0 fully saturated rings. The van der Waals surface area contributed by atoms with Crippen LogP contribution in [0.25, 0.3) is 0 Å². The van der Waals surface area contributed by atoms with Gasteiger partial charge in [-0.25, -0.2) is 10.2 Å². The maximum atomic E-state index is 12.0. The van der Waals surface area contributed by atoms with Crippen LogP contribution in [0, 0.1) is 0 Å². The van der Waals surface area contributed by atoms with Crippen LogP contribution in [0.5, 0.6) is 17.2 Å². The van der Waals surface area contributed by atoms with E-state index in [0.29, 0.717) is 22.8 Å². The fraction of sp³-hybridized carbons (Fsp3) is 0.125. The molecule has 0 atom stereocenters. The van der Waals surface area contributed by atoms with Crippen molar-refractivity contribution in [1.82, 2.24) is 5.43 Å². The highest BCUT2D eigenvalue weighted by Gasteiger charge is 2.07. The van der Waals surface area contributed by atoms with E-state index in [0.717, 1.165) is 5.56 Å². The fourth-order valence-electron chi connectivity index (χ4n) is 2.71. The first-order chi connectivity index (χ1) is 15.6. The molecule has 0 aliphatic rings. The Morgan fingerprint density at radius 2 is 1.56 bits per heavy atom. The Kier molecular flexibility index (Phi) is 7.80. The minimum absolute atomic E-state index is 0.215. The Balaban J connectivity index is 1.53. The monoisotopic (exact) mass is 434 g/mol. The third kappa shape index (κ3) is 6.33. The second-order valence-electron chi connectivity index (χ2n) is 6.56. The summed E-state index contributed by atoms with van der Waals surface area (Å²) < 4.78 is 16.5. The first-order valence-electron chi connectivity index (χ1n) is 9.68. The van der Waals surface area contributed by atoms with Gasteiger partial charge in [-0.1, -0.05) is 36.4 Å². The number of ether oxygens (including phenoxy) is 3. The number of carboxylic acids is 1. The molecular formula is C24H22N2O6. The second-order valence-corrected chi connectivity index (χ2v) is 6.56. The number of amides is 1. The molecular weight excluding hydrogens is 412 g/mol. The first kappa shape index (κ1) is 22.4. The molecule has 164 valence electrons. The van der Waals surface area contributed by atoms with Gasteiger partial charge in [-0.05, 0) is 42.0 Å². The molecule has 0 saturated carbocycles. The van der Waals surface area contributed by atoms with Crippen molar-refractivity contribution in [3.8, 4) is 17.2 Å². The number of carbonyl (C=O) groups excluding carboxylic acids is 1. The molecule has 1 amide bonds. The molecule has 0 unspecified atom stereocenters. The van der Waals surface area contributed by atoms with Crippen molar-refractivity contribution in [2.24, 2.45) is 5.10 Å². The summed E-state index contributed by atoms with van der Waals surface area (Å²) in [5.74, 6) is 0.160. The van der Waals surface area contributed by atoms with E-state index >= 15 is 0 Å². The van der Waals surface area contributed by atoms with Crippen molar-refractivity contribution in [2.45, 2.75) is 6.61 Å². The van der Waals surface area contributed by atoms with Crippen LogP contribution in [-0.2, 0) is 11.4 Å². The number of hydrogen-bond donors (Lipinski definition) is 2. The van der Waals surface area contributed by atoms with Gasteiger partial charge in [0.05, 0.1) is 18.9 Å². The summed E-state index contributed by atoms with van der Waals surface area (Å²) in [6, 6.07) is 20.7. The lowest BCUT2D eigenvalue weighted by molar-refractivity contribution is -0.123. The predicted molar refractivity (Wildman–Crippen MR) is 118 cm³/mol. The van der Waals surface area contributed by atoms with Gasteiger partial charge < -0.3 is 19.3 Å². The number of rotatable bonds is 10. The summed E-state index contributed by atoms with van der Waals surface area (Å²) in [6.45, 7) is 0.0338. The zero-order valence-electron chi connectivity index (χ0n) is 17.4. The van der Waals surface area contributed by atoms with Crippen LogP contribution in [0.3, 0.4) is 0 Å². The molecule has 0 heterocycles. The number of benzene rings is 3. The topological polar surface area (TPSA) is 106 Å². The molecule has 8 nitrogen and oxygen atoms in total. The zero-order valence-corrected chi connectivity index (χ0v) is 17.4. The number of carboxylic acid groups (broad SMARTS) is 1. The van der Waals surface area contributed by atoms with Crippen LogP contribution in [-0.4, -0.2) is 36.9 Å². The van der Waals surface area contributed by atoms with E-state index < -0.39 is 11.9 Å². The number of hydrazone groups is 1. The average molecular weight is 434 g/mol. The molecule has 32 heavy (non-hydrogen) atoms. The summed E-state index contributed by atoms with van der Waals surface area (Å²) in [6.07, 6.45) is 1.48. The molecule has 2 N–H and O–H groups in total. The van der Waals surface area contributed by atoms with Crippen molar-refractivity contribution in [3.05, 3.63) is 89.5 Å². The van der Waals surface area contributed by atoms with Crippen molar-refractivity contribution in [2.75, 3.05) is 13.7 Å². The maximum absolute atomic E-state index is 12.0. The van der Waals surface area contributed by atoms with Crippen LogP contribution in [0.2, 0.25) is 0 Å². The van der Waals surface area contributed by atoms with Crippen LogP contribution in [0.1, 0.15) is 21.5 Å². The van der Waals surface area contributed by atoms with Gasteiger partial charge >= 0.3 is 5.97 Å². The van der Waals surface area contributed by atoms with Crippen LogP contribution in [0.4, 0.5) is 0 Å². The summed E-state index contributed by atoms with van der Waals surface area (Å²) in [4.78, 5) is 23.0. The van der Waals surface area contributed by atoms with Crippen molar-refractivity contribution in [1.29, 1.82) is 0 Å². The lowest BCUT2D eigenvalue weighted by Gasteiger charge is -2.10. The van der Waals surface area contributed by atoms with Gasteiger partial charge in [0.1, 0.15) is 12.4 Å². The summed E-state index contributed by atoms with van der Waals surface area (Å²) in [5.41, 5.74) is 4.11. The van der Waals surface area contributed by atoms with Crippen molar-refractivity contribution < 1.29 is 28.9 Å². The molecule has 0 radical (unpaired) electrons. The van der Waals surface area contributed by atoms with Gasteiger partial charge in [0, 0.05) is 5.56 Å². The Morgan fingerprint density at radius 1 is 0.906 bits per heavy atom. The summed E-state index contributed by atoms with van der Waals surface area (Å²) in [5, 5.41) is 12.9. The quantitative estimate of drug-likeness (QED) is 0.374. The highest BCUT2D eigenvalue weighted by molar-refractivity contribution is 5.87. The molecule has 0 saturated heterocycles. The fourth-order valence-corrected chi connectivity index (χ4v) is 2.71. The molecule has 0 aliphatic heterocycles. The summed E-state index contributed by atoms with van der Waals surface area (Å²) >= 11 is 0. The van der Waals surface area contributed by atoms with Gasteiger partial charge in [0.2, 0.25) is 0 Å². The second kappa shape index (κ2) is 11.2. The van der Waals surface area contributed by atoms with E-state index in [1.807, 2.05) is 12.1 Å².